The average Bonchev–Trinajstić information content (AvgIpc) is 2.87. The van der Waals surface area contributed by atoms with Crippen LogP contribution in [0.5, 0.6) is 0 Å². The summed E-state index contributed by atoms with van der Waals surface area (Å²) in [7, 11) is 1.76. The van der Waals surface area contributed by atoms with Gasteiger partial charge in [-0.15, -0.1) is 11.3 Å². The largest absolute Gasteiger partial charge is 0.337 e. The highest BCUT2D eigenvalue weighted by atomic mass is 32.1. The van der Waals surface area contributed by atoms with Gasteiger partial charge in [0.25, 0.3) is 5.91 Å². The summed E-state index contributed by atoms with van der Waals surface area (Å²) in [5.74, 6) is -0.0665. The number of nitrogens with zero attached hydrogens (tertiary/aromatic N) is 1. The van der Waals surface area contributed by atoms with Crippen LogP contribution < -0.4 is 0 Å². The van der Waals surface area contributed by atoms with Gasteiger partial charge in [0.2, 0.25) is 0 Å². The standard InChI is InChI=1S/C14H13NO2S/c1-15(8-11-5-3-2-4-6-11)14(17)12-7-13(9-16)18-10-12/h2-7,9-10H,8H2,1H3. The number of benzene rings is 1. The molecule has 0 unspecified atom stereocenters. The first-order valence-corrected chi connectivity index (χ1v) is 6.42. The van der Waals surface area contributed by atoms with Crippen LogP contribution in [0, 0.1) is 0 Å². The molecule has 92 valence electrons. The molecule has 0 spiro atoms. The van der Waals surface area contributed by atoms with E-state index < -0.39 is 0 Å². The molecular weight excluding hydrogens is 246 g/mol. The molecule has 3 nitrogen and oxygen atoms in total. The first-order chi connectivity index (χ1) is 8.70. The molecule has 2 rings (SSSR count). The van der Waals surface area contributed by atoms with Gasteiger partial charge in [0.05, 0.1) is 10.4 Å². The highest BCUT2D eigenvalue weighted by molar-refractivity contribution is 7.12. The highest BCUT2D eigenvalue weighted by Gasteiger charge is 2.13. The molecule has 2 aromatic rings. The summed E-state index contributed by atoms with van der Waals surface area (Å²) in [4.78, 5) is 24.9. The van der Waals surface area contributed by atoms with Crippen molar-refractivity contribution in [2.45, 2.75) is 6.54 Å². The van der Waals surface area contributed by atoms with Crippen molar-refractivity contribution >= 4 is 23.5 Å². The van der Waals surface area contributed by atoms with E-state index in [4.69, 9.17) is 0 Å². The van der Waals surface area contributed by atoms with Gasteiger partial charge in [0, 0.05) is 19.0 Å². The SMILES string of the molecule is CN(Cc1ccccc1)C(=O)c1csc(C=O)c1. The average molecular weight is 259 g/mol. The number of carbonyl (C=O) groups is 2. The van der Waals surface area contributed by atoms with Crippen molar-refractivity contribution < 1.29 is 9.59 Å². The molecule has 1 aromatic carbocycles. The maximum absolute atomic E-state index is 12.1. The molecule has 0 radical (unpaired) electrons. The molecule has 0 aliphatic rings. The Kier molecular flexibility index (Phi) is 3.89. The van der Waals surface area contributed by atoms with Gasteiger partial charge in [-0.25, -0.2) is 0 Å². The van der Waals surface area contributed by atoms with E-state index >= 15 is 0 Å². The number of hydrogen-bond acceptors (Lipinski definition) is 3. The molecule has 1 heterocycles. The third-order valence-corrected chi connectivity index (χ3v) is 3.45. The molecule has 0 aliphatic heterocycles. The number of thiophene rings is 1. The molecule has 1 amide bonds. The van der Waals surface area contributed by atoms with Crippen LogP contribution in [0.25, 0.3) is 0 Å². The minimum atomic E-state index is -0.0665. The molecule has 0 fully saturated rings. The summed E-state index contributed by atoms with van der Waals surface area (Å²) in [6.07, 6.45) is 0.763. The predicted molar refractivity (Wildman–Crippen MR) is 71.9 cm³/mol. The summed E-state index contributed by atoms with van der Waals surface area (Å²) >= 11 is 1.29. The molecule has 0 saturated carbocycles. The van der Waals surface area contributed by atoms with Gasteiger partial charge in [-0.05, 0) is 11.6 Å². The van der Waals surface area contributed by atoms with Crippen molar-refractivity contribution in [3.63, 3.8) is 0 Å². The van der Waals surface area contributed by atoms with E-state index in [0.717, 1.165) is 11.8 Å². The summed E-state index contributed by atoms with van der Waals surface area (Å²) in [6, 6.07) is 11.4. The van der Waals surface area contributed by atoms with Gasteiger partial charge >= 0.3 is 0 Å². The van der Waals surface area contributed by atoms with Crippen molar-refractivity contribution in [3.8, 4) is 0 Å². The second kappa shape index (κ2) is 5.60. The van der Waals surface area contributed by atoms with Crippen LogP contribution >= 0.6 is 11.3 Å². The minimum Gasteiger partial charge on any atom is -0.337 e. The maximum atomic E-state index is 12.1. The number of hydrogen-bond donors (Lipinski definition) is 0. The van der Waals surface area contributed by atoms with Gasteiger partial charge in [0.15, 0.2) is 6.29 Å². The zero-order chi connectivity index (χ0) is 13.0. The Morgan fingerprint density at radius 1 is 1.33 bits per heavy atom. The summed E-state index contributed by atoms with van der Waals surface area (Å²) in [5, 5.41) is 1.72. The molecule has 0 aliphatic carbocycles. The van der Waals surface area contributed by atoms with Crippen molar-refractivity contribution in [1.82, 2.24) is 4.90 Å². The van der Waals surface area contributed by atoms with E-state index in [9.17, 15) is 9.59 Å². The zero-order valence-corrected chi connectivity index (χ0v) is 10.8. The van der Waals surface area contributed by atoms with E-state index in [2.05, 4.69) is 0 Å². The quantitative estimate of drug-likeness (QED) is 0.792. The smallest absolute Gasteiger partial charge is 0.254 e. The number of carbonyl (C=O) groups excluding carboxylic acids is 2. The van der Waals surface area contributed by atoms with Crippen LogP contribution in [0.4, 0.5) is 0 Å². The zero-order valence-electron chi connectivity index (χ0n) is 10.00. The Morgan fingerprint density at radius 2 is 2.06 bits per heavy atom. The second-order valence-corrected chi connectivity index (χ2v) is 4.95. The van der Waals surface area contributed by atoms with E-state index in [1.807, 2.05) is 30.3 Å². The number of amides is 1. The summed E-state index contributed by atoms with van der Waals surface area (Å²) in [5.41, 5.74) is 1.65. The molecule has 0 N–H and O–H groups in total. The van der Waals surface area contributed by atoms with Gasteiger partial charge < -0.3 is 4.90 Å². The van der Waals surface area contributed by atoms with Gasteiger partial charge in [-0.3, -0.25) is 9.59 Å². The van der Waals surface area contributed by atoms with Crippen LogP contribution in [0.2, 0.25) is 0 Å². The number of rotatable bonds is 4. The Balaban J connectivity index is 2.07. The van der Waals surface area contributed by atoms with Crippen LogP contribution in [0.15, 0.2) is 41.8 Å². The van der Waals surface area contributed by atoms with Crippen LogP contribution in [0.1, 0.15) is 25.6 Å². The maximum Gasteiger partial charge on any atom is 0.254 e. The minimum absolute atomic E-state index is 0.0665. The first-order valence-electron chi connectivity index (χ1n) is 5.54. The van der Waals surface area contributed by atoms with Crippen LogP contribution in [-0.4, -0.2) is 24.1 Å². The Morgan fingerprint density at radius 3 is 2.67 bits per heavy atom. The van der Waals surface area contributed by atoms with Crippen molar-refractivity contribution in [2.75, 3.05) is 7.05 Å². The summed E-state index contributed by atoms with van der Waals surface area (Å²) in [6.45, 7) is 0.561. The predicted octanol–water partition coefficient (Wildman–Crippen LogP) is 2.83. The second-order valence-electron chi connectivity index (χ2n) is 4.00. The van der Waals surface area contributed by atoms with Crippen molar-refractivity contribution in [1.29, 1.82) is 0 Å². The van der Waals surface area contributed by atoms with E-state index in [1.165, 1.54) is 11.3 Å². The molecule has 0 saturated heterocycles. The van der Waals surface area contributed by atoms with E-state index in [-0.39, 0.29) is 5.91 Å². The monoisotopic (exact) mass is 259 g/mol. The lowest BCUT2D eigenvalue weighted by Crippen LogP contribution is -2.25. The van der Waals surface area contributed by atoms with Gasteiger partial charge in [0.1, 0.15) is 0 Å². The highest BCUT2D eigenvalue weighted by Crippen LogP contribution is 2.15. The third kappa shape index (κ3) is 2.84. The van der Waals surface area contributed by atoms with E-state index in [1.54, 1.807) is 23.4 Å². The van der Waals surface area contributed by atoms with Gasteiger partial charge in [-0.1, -0.05) is 30.3 Å². The lowest BCUT2D eigenvalue weighted by atomic mass is 10.2. The van der Waals surface area contributed by atoms with Crippen LogP contribution in [-0.2, 0) is 6.54 Å². The van der Waals surface area contributed by atoms with Gasteiger partial charge in [-0.2, -0.15) is 0 Å². The molecule has 18 heavy (non-hydrogen) atoms. The fourth-order valence-corrected chi connectivity index (χ4v) is 2.36. The Bertz CT molecular complexity index is 548. The van der Waals surface area contributed by atoms with E-state index in [0.29, 0.717) is 17.0 Å². The lowest BCUT2D eigenvalue weighted by Gasteiger charge is -2.16. The Labute approximate surface area is 110 Å². The molecular formula is C14H13NO2S. The molecule has 4 heteroatoms. The normalized spacial score (nSPS) is 10.1. The Hall–Kier alpha value is -1.94. The number of aldehydes is 1. The molecule has 1 aromatic heterocycles. The van der Waals surface area contributed by atoms with Crippen molar-refractivity contribution in [2.24, 2.45) is 0 Å². The molecule has 0 bridgehead atoms. The third-order valence-electron chi connectivity index (χ3n) is 2.59. The van der Waals surface area contributed by atoms with Crippen molar-refractivity contribution in [3.05, 3.63) is 57.8 Å². The lowest BCUT2D eigenvalue weighted by molar-refractivity contribution is 0.0785. The molecule has 0 atom stereocenters. The fraction of sp³-hybridized carbons (Fsp3) is 0.143. The van der Waals surface area contributed by atoms with Crippen LogP contribution in [0.3, 0.4) is 0 Å². The topological polar surface area (TPSA) is 37.4 Å². The first kappa shape index (κ1) is 12.5. The summed E-state index contributed by atoms with van der Waals surface area (Å²) < 4.78 is 0. The fourth-order valence-electron chi connectivity index (χ4n) is 1.68.